The van der Waals surface area contributed by atoms with E-state index >= 15 is 0 Å². The topological polar surface area (TPSA) is 55.1 Å². The molecule has 1 saturated carbocycles. The Bertz CT molecular complexity index is 314. The molecule has 18 heavy (non-hydrogen) atoms. The predicted octanol–water partition coefficient (Wildman–Crippen LogP) is 2.78. The van der Waals surface area contributed by atoms with Crippen molar-refractivity contribution in [1.82, 2.24) is 5.32 Å². The Morgan fingerprint density at radius 3 is 2.17 bits per heavy atom. The zero-order valence-corrected chi connectivity index (χ0v) is 12.7. The predicted molar refractivity (Wildman–Crippen MR) is 79.4 cm³/mol. The molecule has 0 radical (unpaired) electrons. The van der Waals surface area contributed by atoms with Gasteiger partial charge in [-0.15, -0.1) is 0 Å². The smallest absolute Gasteiger partial charge is 0.233 e. The molecule has 0 saturated heterocycles. The second-order valence-electron chi connectivity index (χ2n) is 5.54. The van der Waals surface area contributed by atoms with Crippen molar-refractivity contribution < 1.29 is 4.79 Å². The van der Waals surface area contributed by atoms with Crippen LogP contribution in [0, 0.1) is 10.8 Å². The Morgan fingerprint density at radius 1 is 1.33 bits per heavy atom. The second kappa shape index (κ2) is 6.00. The summed E-state index contributed by atoms with van der Waals surface area (Å²) in [6.45, 7) is 6.92. The second-order valence-corrected chi connectivity index (χ2v) is 5.98. The highest BCUT2D eigenvalue weighted by Gasteiger charge is 2.40. The molecule has 1 rings (SSSR count). The molecule has 0 aromatic carbocycles. The minimum atomic E-state index is -0.659. The summed E-state index contributed by atoms with van der Waals surface area (Å²) in [7, 11) is 0. The molecule has 0 aliphatic heterocycles. The SMILES string of the molecule is CCC1(CNC(=O)C(CC)(CC)C(N)=S)CCC1. The van der Waals surface area contributed by atoms with Gasteiger partial charge in [-0.2, -0.15) is 0 Å². The minimum absolute atomic E-state index is 0.0136. The quantitative estimate of drug-likeness (QED) is 0.699. The lowest BCUT2D eigenvalue weighted by Gasteiger charge is -2.42. The van der Waals surface area contributed by atoms with Gasteiger partial charge in [0.1, 0.15) is 0 Å². The van der Waals surface area contributed by atoms with Gasteiger partial charge in [0.15, 0.2) is 0 Å². The molecule has 1 aliphatic carbocycles. The van der Waals surface area contributed by atoms with Gasteiger partial charge in [0.05, 0.1) is 10.4 Å². The monoisotopic (exact) mass is 270 g/mol. The molecule has 0 heterocycles. The van der Waals surface area contributed by atoms with Crippen LogP contribution in [0.25, 0.3) is 0 Å². The third-order valence-electron chi connectivity index (χ3n) is 4.90. The number of amides is 1. The molecule has 0 spiro atoms. The lowest BCUT2D eigenvalue weighted by molar-refractivity contribution is -0.128. The van der Waals surface area contributed by atoms with Crippen molar-refractivity contribution in [2.24, 2.45) is 16.6 Å². The summed E-state index contributed by atoms with van der Waals surface area (Å²) in [4.78, 5) is 12.7. The van der Waals surface area contributed by atoms with E-state index in [-0.39, 0.29) is 5.91 Å². The molecule has 0 aromatic rings. The number of carbonyl (C=O) groups excluding carboxylic acids is 1. The van der Waals surface area contributed by atoms with Crippen molar-refractivity contribution in [3.8, 4) is 0 Å². The molecular formula is C14H26N2OS. The summed E-state index contributed by atoms with van der Waals surface area (Å²) in [5.74, 6) is 0.0136. The van der Waals surface area contributed by atoms with Crippen LogP contribution in [0.2, 0.25) is 0 Å². The van der Waals surface area contributed by atoms with Crippen LogP contribution in [0.15, 0.2) is 0 Å². The van der Waals surface area contributed by atoms with Crippen molar-refractivity contribution in [3.05, 3.63) is 0 Å². The lowest BCUT2D eigenvalue weighted by Crippen LogP contribution is -2.51. The van der Waals surface area contributed by atoms with Crippen LogP contribution in [-0.2, 0) is 4.79 Å². The fraction of sp³-hybridized carbons (Fsp3) is 0.857. The van der Waals surface area contributed by atoms with Gasteiger partial charge in [-0.25, -0.2) is 0 Å². The summed E-state index contributed by atoms with van der Waals surface area (Å²) in [6, 6.07) is 0. The Balaban J connectivity index is 2.65. The van der Waals surface area contributed by atoms with Crippen molar-refractivity contribution in [1.29, 1.82) is 0 Å². The maximum Gasteiger partial charge on any atom is 0.233 e. The largest absolute Gasteiger partial charge is 0.392 e. The molecule has 4 heteroatoms. The molecule has 0 atom stereocenters. The van der Waals surface area contributed by atoms with Crippen LogP contribution in [0.5, 0.6) is 0 Å². The van der Waals surface area contributed by atoms with Crippen molar-refractivity contribution in [2.45, 2.75) is 59.3 Å². The van der Waals surface area contributed by atoms with E-state index in [1.165, 1.54) is 19.3 Å². The van der Waals surface area contributed by atoms with Crippen molar-refractivity contribution >= 4 is 23.1 Å². The van der Waals surface area contributed by atoms with Crippen LogP contribution in [-0.4, -0.2) is 17.4 Å². The van der Waals surface area contributed by atoms with Crippen molar-refractivity contribution in [2.75, 3.05) is 6.54 Å². The average Bonchev–Trinajstić information content (AvgIpc) is 2.30. The summed E-state index contributed by atoms with van der Waals surface area (Å²) >= 11 is 5.10. The normalized spacial score (nSPS) is 17.9. The minimum Gasteiger partial charge on any atom is -0.392 e. The van der Waals surface area contributed by atoms with Crippen LogP contribution in [0.3, 0.4) is 0 Å². The van der Waals surface area contributed by atoms with Crippen LogP contribution < -0.4 is 11.1 Å². The molecule has 0 bridgehead atoms. The summed E-state index contributed by atoms with van der Waals surface area (Å²) in [5, 5.41) is 3.09. The highest BCUT2D eigenvalue weighted by Crippen LogP contribution is 2.43. The summed E-state index contributed by atoms with van der Waals surface area (Å²) in [5.41, 5.74) is 5.46. The molecule has 0 unspecified atom stereocenters. The Labute approximate surface area is 116 Å². The van der Waals surface area contributed by atoms with E-state index in [0.717, 1.165) is 13.0 Å². The standard InChI is InChI=1S/C14H26N2OS/c1-4-13(8-7-9-13)10-16-12(17)14(5-2,6-3)11(15)18/h4-10H2,1-3H3,(H2,15,18)(H,16,17). The fourth-order valence-electron chi connectivity index (χ4n) is 2.80. The number of nitrogens with two attached hydrogens (primary N) is 1. The zero-order chi connectivity index (χ0) is 13.8. The number of hydrogen-bond donors (Lipinski definition) is 2. The van der Waals surface area contributed by atoms with E-state index in [1.54, 1.807) is 0 Å². The first kappa shape index (κ1) is 15.4. The number of nitrogens with one attached hydrogen (secondary N) is 1. The van der Waals surface area contributed by atoms with Gasteiger partial charge < -0.3 is 11.1 Å². The molecule has 1 fully saturated rings. The van der Waals surface area contributed by atoms with E-state index < -0.39 is 5.41 Å². The summed E-state index contributed by atoms with van der Waals surface area (Å²) in [6.07, 6.45) is 6.20. The van der Waals surface area contributed by atoms with E-state index in [2.05, 4.69) is 12.2 Å². The highest BCUT2D eigenvalue weighted by molar-refractivity contribution is 7.80. The van der Waals surface area contributed by atoms with E-state index in [4.69, 9.17) is 18.0 Å². The Hall–Kier alpha value is -0.640. The summed E-state index contributed by atoms with van der Waals surface area (Å²) < 4.78 is 0. The first-order valence-corrected chi connectivity index (χ1v) is 7.45. The average molecular weight is 270 g/mol. The molecule has 1 aliphatic rings. The molecule has 1 amide bonds. The van der Waals surface area contributed by atoms with E-state index in [9.17, 15) is 4.79 Å². The van der Waals surface area contributed by atoms with E-state index in [1.807, 2.05) is 13.8 Å². The fourth-order valence-corrected chi connectivity index (χ4v) is 3.18. The maximum absolute atomic E-state index is 12.4. The van der Waals surface area contributed by atoms with Gasteiger partial charge in [0.2, 0.25) is 5.91 Å². The van der Waals surface area contributed by atoms with Crippen LogP contribution in [0.4, 0.5) is 0 Å². The Morgan fingerprint density at radius 2 is 1.89 bits per heavy atom. The lowest BCUT2D eigenvalue weighted by atomic mass is 9.67. The van der Waals surface area contributed by atoms with Gasteiger partial charge in [-0.3, -0.25) is 4.79 Å². The first-order chi connectivity index (χ1) is 8.46. The van der Waals surface area contributed by atoms with Gasteiger partial charge in [0, 0.05) is 6.54 Å². The van der Waals surface area contributed by atoms with E-state index in [0.29, 0.717) is 23.2 Å². The van der Waals surface area contributed by atoms with Crippen LogP contribution in [0.1, 0.15) is 59.3 Å². The molecule has 3 N–H and O–H groups in total. The third-order valence-corrected chi connectivity index (χ3v) is 5.29. The van der Waals surface area contributed by atoms with Gasteiger partial charge in [-0.1, -0.05) is 39.4 Å². The van der Waals surface area contributed by atoms with Gasteiger partial charge in [-0.05, 0) is 37.5 Å². The van der Waals surface area contributed by atoms with Gasteiger partial charge in [0.25, 0.3) is 0 Å². The zero-order valence-electron chi connectivity index (χ0n) is 11.8. The molecule has 0 aromatic heterocycles. The molecular weight excluding hydrogens is 244 g/mol. The molecule has 104 valence electrons. The third kappa shape index (κ3) is 2.68. The Kier molecular flexibility index (Phi) is 5.14. The number of hydrogen-bond acceptors (Lipinski definition) is 2. The van der Waals surface area contributed by atoms with Crippen LogP contribution >= 0.6 is 12.2 Å². The maximum atomic E-state index is 12.4. The number of carbonyl (C=O) groups is 1. The number of rotatable bonds is 7. The first-order valence-electron chi connectivity index (χ1n) is 7.04. The van der Waals surface area contributed by atoms with Crippen molar-refractivity contribution in [3.63, 3.8) is 0 Å². The molecule has 3 nitrogen and oxygen atoms in total. The number of thiocarbonyl (C=S) groups is 1. The highest BCUT2D eigenvalue weighted by atomic mass is 32.1. The van der Waals surface area contributed by atoms with Gasteiger partial charge >= 0.3 is 0 Å².